The minimum absolute atomic E-state index is 0.253. The van der Waals surface area contributed by atoms with Gasteiger partial charge in [0.2, 0.25) is 5.91 Å². The summed E-state index contributed by atoms with van der Waals surface area (Å²) in [7, 11) is 2.17. The Kier molecular flexibility index (Phi) is 5.30. The van der Waals surface area contributed by atoms with Crippen LogP contribution in [-0.2, 0) is 17.9 Å². The van der Waals surface area contributed by atoms with Crippen molar-refractivity contribution >= 4 is 17.4 Å². The molecule has 0 bridgehead atoms. The van der Waals surface area contributed by atoms with Gasteiger partial charge in [0.1, 0.15) is 5.82 Å². The van der Waals surface area contributed by atoms with Crippen LogP contribution in [0.1, 0.15) is 28.9 Å². The molecule has 0 N–H and O–H groups in total. The van der Waals surface area contributed by atoms with Crippen LogP contribution in [0.25, 0.3) is 0 Å². The maximum absolute atomic E-state index is 12.9. The van der Waals surface area contributed by atoms with Crippen LogP contribution in [0.3, 0.4) is 0 Å². The van der Waals surface area contributed by atoms with E-state index in [9.17, 15) is 4.79 Å². The lowest BCUT2D eigenvalue weighted by molar-refractivity contribution is -0.133. The third kappa shape index (κ3) is 4.11. The minimum Gasteiger partial charge on any atom is -0.370 e. The maximum atomic E-state index is 12.9. The Bertz CT molecular complexity index is 961. The molecule has 5 rings (SSSR count). The van der Waals surface area contributed by atoms with Crippen molar-refractivity contribution < 1.29 is 4.79 Å². The van der Waals surface area contributed by atoms with E-state index >= 15 is 0 Å². The lowest BCUT2D eigenvalue weighted by Crippen LogP contribution is -2.48. The number of carbonyl (C=O) groups is 1. The molecule has 31 heavy (non-hydrogen) atoms. The summed E-state index contributed by atoms with van der Waals surface area (Å²) in [6.07, 6.45) is 2.61. The van der Waals surface area contributed by atoms with Crippen LogP contribution in [0.15, 0.2) is 24.4 Å². The molecule has 0 aromatic carbocycles. The Labute approximate surface area is 184 Å². The van der Waals surface area contributed by atoms with Crippen LogP contribution in [0.5, 0.6) is 0 Å². The highest BCUT2D eigenvalue weighted by Gasteiger charge is 2.33. The van der Waals surface area contributed by atoms with Crippen LogP contribution < -0.4 is 9.80 Å². The smallest absolute Gasteiger partial charge is 0.223 e. The predicted octanol–water partition coefficient (Wildman–Crippen LogP) is 2.21. The molecule has 0 spiro atoms. The van der Waals surface area contributed by atoms with E-state index in [2.05, 4.69) is 51.9 Å². The topological polar surface area (TPSA) is 55.8 Å². The van der Waals surface area contributed by atoms with Crippen molar-refractivity contribution in [2.45, 2.75) is 33.4 Å². The average molecular weight is 421 g/mol. The monoisotopic (exact) mass is 420 g/mol. The van der Waals surface area contributed by atoms with Gasteiger partial charge in [0, 0.05) is 63.8 Å². The first kappa shape index (κ1) is 20.2. The van der Waals surface area contributed by atoms with E-state index in [-0.39, 0.29) is 5.91 Å². The maximum Gasteiger partial charge on any atom is 0.223 e. The summed E-state index contributed by atoms with van der Waals surface area (Å²) >= 11 is 0. The summed E-state index contributed by atoms with van der Waals surface area (Å²) in [4.78, 5) is 31.2. The molecule has 2 fully saturated rings. The second-order valence-electron chi connectivity index (χ2n) is 9.40. The molecule has 3 aliphatic rings. The summed E-state index contributed by atoms with van der Waals surface area (Å²) in [5, 5.41) is 0. The van der Waals surface area contributed by atoms with Crippen LogP contribution in [-0.4, -0.2) is 72.0 Å². The van der Waals surface area contributed by atoms with E-state index in [0.29, 0.717) is 25.4 Å². The molecule has 164 valence electrons. The highest BCUT2D eigenvalue weighted by molar-refractivity contribution is 5.77. The third-order valence-corrected chi connectivity index (χ3v) is 6.95. The van der Waals surface area contributed by atoms with Gasteiger partial charge in [0.05, 0.1) is 24.1 Å². The SMILES string of the molecule is Cc1cc(C)c2c(n1)CN(C(=O)CC1CN(c3ccc(N4CCN(C)CC4)nc3)C1)C2. The van der Waals surface area contributed by atoms with Gasteiger partial charge in [-0.05, 0) is 50.2 Å². The molecular weight excluding hydrogens is 388 g/mol. The molecule has 0 aliphatic carbocycles. The third-order valence-electron chi connectivity index (χ3n) is 6.95. The van der Waals surface area contributed by atoms with Crippen molar-refractivity contribution in [3.05, 3.63) is 46.9 Å². The van der Waals surface area contributed by atoms with Crippen molar-refractivity contribution in [2.24, 2.45) is 5.92 Å². The zero-order chi connectivity index (χ0) is 21.5. The van der Waals surface area contributed by atoms with E-state index in [1.54, 1.807) is 0 Å². The van der Waals surface area contributed by atoms with E-state index < -0.39 is 0 Å². The van der Waals surface area contributed by atoms with Crippen LogP contribution >= 0.6 is 0 Å². The molecular formula is C24H32N6O. The number of fused-ring (bicyclic) bond motifs is 1. The Hall–Kier alpha value is -2.67. The van der Waals surface area contributed by atoms with Crippen molar-refractivity contribution in [1.82, 2.24) is 19.8 Å². The predicted molar refractivity (Wildman–Crippen MR) is 122 cm³/mol. The molecule has 0 atom stereocenters. The lowest BCUT2D eigenvalue weighted by Gasteiger charge is -2.41. The number of pyridine rings is 2. The zero-order valence-corrected chi connectivity index (χ0v) is 18.8. The quantitative estimate of drug-likeness (QED) is 0.756. The fraction of sp³-hybridized carbons (Fsp3) is 0.542. The van der Waals surface area contributed by atoms with Gasteiger partial charge in [-0.1, -0.05) is 0 Å². The van der Waals surface area contributed by atoms with Gasteiger partial charge in [-0.2, -0.15) is 0 Å². The lowest BCUT2D eigenvalue weighted by atomic mass is 9.95. The van der Waals surface area contributed by atoms with E-state index in [1.807, 2.05) is 18.0 Å². The molecule has 2 aromatic heterocycles. The standard InChI is InChI=1S/C24H32N6O/c1-17-10-18(2)26-22-16-30(15-21(17)22)24(31)11-19-13-29(14-19)20-4-5-23(25-12-20)28-8-6-27(3)7-9-28/h4-5,10,12,19H,6-9,11,13-16H2,1-3H3. The molecule has 0 unspecified atom stereocenters. The first-order valence-corrected chi connectivity index (χ1v) is 11.3. The molecule has 7 nitrogen and oxygen atoms in total. The Morgan fingerprint density at radius 3 is 2.55 bits per heavy atom. The Balaban J connectivity index is 1.11. The molecule has 0 radical (unpaired) electrons. The fourth-order valence-electron chi connectivity index (χ4n) is 4.97. The highest BCUT2D eigenvalue weighted by atomic mass is 16.2. The summed E-state index contributed by atoms with van der Waals surface area (Å²) < 4.78 is 0. The molecule has 2 saturated heterocycles. The van der Waals surface area contributed by atoms with Crippen LogP contribution in [0.4, 0.5) is 11.5 Å². The average Bonchev–Trinajstić information content (AvgIpc) is 3.16. The fourth-order valence-corrected chi connectivity index (χ4v) is 4.97. The molecule has 3 aliphatic heterocycles. The van der Waals surface area contributed by atoms with E-state index in [4.69, 9.17) is 4.98 Å². The number of rotatable bonds is 4. The second-order valence-corrected chi connectivity index (χ2v) is 9.40. The number of anilines is 2. The van der Waals surface area contributed by atoms with E-state index in [0.717, 1.165) is 62.2 Å². The molecule has 1 amide bonds. The second kappa shape index (κ2) is 8.11. The summed E-state index contributed by atoms with van der Waals surface area (Å²) in [6.45, 7) is 11.6. The zero-order valence-electron chi connectivity index (χ0n) is 18.8. The van der Waals surface area contributed by atoms with Gasteiger partial charge >= 0.3 is 0 Å². The molecule has 2 aromatic rings. The number of amides is 1. The van der Waals surface area contributed by atoms with Gasteiger partial charge in [0.25, 0.3) is 0 Å². The summed E-state index contributed by atoms with van der Waals surface area (Å²) in [5.41, 5.74) is 5.76. The van der Waals surface area contributed by atoms with Gasteiger partial charge in [-0.15, -0.1) is 0 Å². The number of hydrogen-bond acceptors (Lipinski definition) is 6. The van der Waals surface area contributed by atoms with Gasteiger partial charge in [-0.25, -0.2) is 4.98 Å². The number of piperazine rings is 1. The van der Waals surface area contributed by atoms with Crippen LogP contribution in [0.2, 0.25) is 0 Å². The first-order chi connectivity index (χ1) is 15.0. The number of aryl methyl sites for hydroxylation is 2. The van der Waals surface area contributed by atoms with Crippen molar-refractivity contribution in [1.29, 1.82) is 0 Å². The first-order valence-electron chi connectivity index (χ1n) is 11.3. The minimum atomic E-state index is 0.253. The van der Waals surface area contributed by atoms with Crippen LogP contribution in [0, 0.1) is 19.8 Å². The number of hydrogen-bond donors (Lipinski definition) is 0. The number of likely N-dealkylation sites (N-methyl/N-ethyl adjacent to an activating group) is 1. The Morgan fingerprint density at radius 1 is 1.06 bits per heavy atom. The van der Waals surface area contributed by atoms with E-state index in [1.165, 1.54) is 11.1 Å². The Morgan fingerprint density at radius 2 is 1.84 bits per heavy atom. The van der Waals surface area contributed by atoms with Crippen molar-refractivity contribution in [3.8, 4) is 0 Å². The van der Waals surface area contributed by atoms with Gasteiger partial charge in [0.15, 0.2) is 0 Å². The number of nitrogens with zero attached hydrogens (tertiary/aromatic N) is 6. The van der Waals surface area contributed by atoms with Crippen molar-refractivity contribution in [3.63, 3.8) is 0 Å². The molecule has 5 heterocycles. The van der Waals surface area contributed by atoms with Gasteiger partial charge < -0.3 is 19.6 Å². The van der Waals surface area contributed by atoms with Gasteiger partial charge in [-0.3, -0.25) is 9.78 Å². The normalized spacial score (nSPS) is 19.5. The molecule has 7 heteroatoms. The summed E-state index contributed by atoms with van der Waals surface area (Å²) in [6, 6.07) is 6.42. The van der Waals surface area contributed by atoms with Crippen molar-refractivity contribution in [2.75, 3.05) is 56.1 Å². The molecule has 0 saturated carbocycles. The number of carbonyl (C=O) groups excluding carboxylic acids is 1. The summed E-state index contributed by atoms with van der Waals surface area (Å²) in [5.74, 6) is 1.74. The highest BCUT2D eigenvalue weighted by Crippen LogP contribution is 2.30. The largest absolute Gasteiger partial charge is 0.370 e. The number of aromatic nitrogens is 2.